The number of rotatable bonds is 4. The van der Waals surface area contributed by atoms with E-state index in [1.54, 1.807) is 19.1 Å². The largest absolute Gasteiger partial charge is 0.271 e. The zero-order chi connectivity index (χ0) is 10.6. The van der Waals surface area contributed by atoms with E-state index in [1.165, 1.54) is 4.31 Å². The lowest BCUT2D eigenvalue weighted by atomic mass is 10.3. The highest BCUT2D eigenvalue weighted by Crippen LogP contribution is 2.16. The minimum Gasteiger partial charge on any atom is -0.271 e. The standard InChI is InChI=1S/C10H15NO2S/c1-3-11(14(12,13)4-2)10-8-6-5-7-9-10/h5-9H,3-4H2,1-2H3. The fourth-order valence-electron chi connectivity index (χ4n) is 1.29. The van der Waals surface area contributed by atoms with E-state index < -0.39 is 10.0 Å². The van der Waals surface area contributed by atoms with Gasteiger partial charge in [0.1, 0.15) is 0 Å². The molecule has 0 N–H and O–H groups in total. The Morgan fingerprint density at radius 2 is 1.71 bits per heavy atom. The molecule has 0 fully saturated rings. The second-order valence-electron chi connectivity index (χ2n) is 2.90. The molecule has 3 nitrogen and oxygen atoms in total. The van der Waals surface area contributed by atoms with Crippen molar-refractivity contribution in [3.05, 3.63) is 30.3 Å². The van der Waals surface area contributed by atoms with E-state index in [0.717, 1.165) is 5.69 Å². The van der Waals surface area contributed by atoms with Crippen LogP contribution in [0.5, 0.6) is 0 Å². The first-order valence-corrected chi connectivity index (χ1v) is 6.28. The Labute approximate surface area is 85.4 Å². The number of benzene rings is 1. The molecular formula is C10H15NO2S. The average Bonchev–Trinajstić information content (AvgIpc) is 2.20. The maximum Gasteiger partial charge on any atom is 0.234 e. The molecule has 1 aromatic rings. The zero-order valence-electron chi connectivity index (χ0n) is 8.47. The summed E-state index contributed by atoms with van der Waals surface area (Å²) in [7, 11) is -3.13. The molecule has 0 atom stereocenters. The van der Waals surface area contributed by atoms with E-state index in [0.29, 0.717) is 6.54 Å². The Morgan fingerprint density at radius 1 is 1.14 bits per heavy atom. The highest BCUT2D eigenvalue weighted by molar-refractivity contribution is 7.92. The SMILES string of the molecule is CCN(c1ccccc1)S(=O)(=O)CC. The molecule has 14 heavy (non-hydrogen) atoms. The van der Waals surface area contributed by atoms with Gasteiger partial charge in [-0.05, 0) is 26.0 Å². The molecule has 0 saturated heterocycles. The van der Waals surface area contributed by atoms with E-state index in [2.05, 4.69) is 0 Å². The van der Waals surface area contributed by atoms with Crippen LogP contribution in [0.4, 0.5) is 5.69 Å². The molecular weight excluding hydrogens is 198 g/mol. The number of hydrogen-bond acceptors (Lipinski definition) is 2. The van der Waals surface area contributed by atoms with Crippen molar-refractivity contribution in [1.29, 1.82) is 0 Å². The summed E-state index contributed by atoms with van der Waals surface area (Å²) in [5, 5.41) is 0. The third-order valence-electron chi connectivity index (χ3n) is 2.03. The highest BCUT2D eigenvalue weighted by Gasteiger charge is 2.17. The summed E-state index contributed by atoms with van der Waals surface area (Å²) in [6.07, 6.45) is 0. The predicted molar refractivity (Wildman–Crippen MR) is 58.9 cm³/mol. The highest BCUT2D eigenvalue weighted by atomic mass is 32.2. The zero-order valence-corrected chi connectivity index (χ0v) is 9.29. The van der Waals surface area contributed by atoms with Gasteiger partial charge in [0.15, 0.2) is 0 Å². The molecule has 0 aliphatic rings. The van der Waals surface area contributed by atoms with Crippen LogP contribution >= 0.6 is 0 Å². The summed E-state index contributed by atoms with van der Waals surface area (Å²) in [6.45, 7) is 3.96. The lowest BCUT2D eigenvalue weighted by molar-refractivity contribution is 0.593. The van der Waals surface area contributed by atoms with Gasteiger partial charge >= 0.3 is 0 Å². The minimum absolute atomic E-state index is 0.135. The molecule has 0 unspecified atom stereocenters. The van der Waals surface area contributed by atoms with Crippen LogP contribution in [0.1, 0.15) is 13.8 Å². The Kier molecular flexibility index (Phi) is 3.52. The summed E-state index contributed by atoms with van der Waals surface area (Å²) >= 11 is 0. The fraction of sp³-hybridized carbons (Fsp3) is 0.400. The number of hydrogen-bond donors (Lipinski definition) is 0. The van der Waals surface area contributed by atoms with Crippen LogP contribution in [0.25, 0.3) is 0 Å². The summed E-state index contributed by atoms with van der Waals surface area (Å²) in [6, 6.07) is 9.15. The monoisotopic (exact) mass is 213 g/mol. The number of anilines is 1. The van der Waals surface area contributed by atoms with Gasteiger partial charge in [0.05, 0.1) is 11.4 Å². The third-order valence-corrected chi connectivity index (χ3v) is 3.90. The lowest BCUT2D eigenvalue weighted by Crippen LogP contribution is -2.31. The van der Waals surface area contributed by atoms with Crippen LogP contribution < -0.4 is 4.31 Å². The number of nitrogens with zero attached hydrogens (tertiary/aromatic N) is 1. The van der Waals surface area contributed by atoms with Gasteiger partial charge < -0.3 is 0 Å². The molecule has 78 valence electrons. The van der Waals surface area contributed by atoms with E-state index in [9.17, 15) is 8.42 Å². The van der Waals surface area contributed by atoms with Crippen molar-refractivity contribution < 1.29 is 8.42 Å². The smallest absolute Gasteiger partial charge is 0.234 e. The van der Waals surface area contributed by atoms with Crippen molar-refractivity contribution in [2.75, 3.05) is 16.6 Å². The Hall–Kier alpha value is -1.03. The van der Waals surface area contributed by atoms with Crippen molar-refractivity contribution in [2.45, 2.75) is 13.8 Å². The second kappa shape index (κ2) is 4.46. The predicted octanol–water partition coefficient (Wildman–Crippen LogP) is 1.86. The number of sulfonamides is 1. The summed E-state index contributed by atoms with van der Waals surface area (Å²) in [5.74, 6) is 0.135. The van der Waals surface area contributed by atoms with Gasteiger partial charge in [0, 0.05) is 6.54 Å². The molecule has 1 rings (SSSR count). The molecule has 4 heteroatoms. The van der Waals surface area contributed by atoms with Crippen molar-refractivity contribution in [2.24, 2.45) is 0 Å². The van der Waals surface area contributed by atoms with E-state index >= 15 is 0 Å². The van der Waals surface area contributed by atoms with Gasteiger partial charge in [-0.25, -0.2) is 8.42 Å². The van der Waals surface area contributed by atoms with E-state index in [4.69, 9.17) is 0 Å². The first kappa shape index (κ1) is 11.0. The minimum atomic E-state index is -3.13. The van der Waals surface area contributed by atoms with Crippen molar-refractivity contribution >= 4 is 15.7 Å². The first-order chi connectivity index (χ1) is 6.61. The molecule has 0 heterocycles. The lowest BCUT2D eigenvalue weighted by Gasteiger charge is -2.21. The Bertz CT molecular complexity index is 372. The van der Waals surface area contributed by atoms with Crippen LogP contribution in [-0.2, 0) is 10.0 Å². The molecule has 0 aromatic heterocycles. The van der Waals surface area contributed by atoms with Gasteiger partial charge in [-0.1, -0.05) is 18.2 Å². The van der Waals surface area contributed by atoms with Crippen LogP contribution in [0, 0.1) is 0 Å². The maximum atomic E-state index is 11.7. The molecule has 0 aliphatic heterocycles. The summed E-state index contributed by atoms with van der Waals surface area (Å²) in [4.78, 5) is 0. The van der Waals surface area contributed by atoms with E-state index in [-0.39, 0.29) is 5.75 Å². The van der Waals surface area contributed by atoms with Gasteiger partial charge in [-0.2, -0.15) is 0 Å². The van der Waals surface area contributed by atoms with Crippen LogP contribution in [0.3, 0.4) is 0 Å². The maximum absolute atomic E-state index is 11.7. The quantitative estimate of drug-likeness (QED) is 0.765. The second-order valence-corrected chi connectivity index (χ2v) is 5.08. The fourth-order valence-corrected chi connectivity index (χ4v) is 2.44. The topological polar surface area (TPSA) is 37.4 Å². The van der Waals surface area contributed by atoms with Crippen LogP contribution in [0.15, 0.2) is 30.3 Å². The van der Waals surface area contributed by atoms with Gasteiger partial charge in [-0.15, -0.1) is 0 Å². The molecule has 0 amide bonds. The van der Waals surface area contributed by atoms with Gasteiger partial charge in [-0.3, -0.25) is 4.31 Å². The average molecular weight is 213 g/mol. The Balaban J connectivity index is 3.06. The van der Waals surface area contributed by atoms with Crippen molar-refractivity contribution in [3.8, 4) is 0 Å². The molecule has 0 radical (unpaired) electrons. The van der Waals surface area contributed by atoms with Gasteiger partial charge in [0.2, 0.25) is 10.0 Å². The van der Waals surface area contributed by atoms with E-state index in [1.807, 2.05) is 25.1 Å². The van der Waals surface area contributed by atoms with Crippen LogP contribution in [0.2, 0.25) is 0 Å². The molecule has 0 spiro atoms. The summed E-state index contributed by atoms with van der Waals surface area (Å²) in [5.41, 5.74) is 0.733. The van der Waals surface area contributed by atoms with Crippen molar-refractivity contribution in [3.63, 3.8) is 0 Å². The normalized spacial score (nSPS) is 11.3. The molecule has 0 saturated carbocycles. The Morgan fingerprint density at radius 3 is 2.14 bits per heavy atom. The van der Waals surface area contributed by atoms with Crippen LogP contribution in [-0.4, -0.2) is 20.7 Å². The summed E-state index contributed by atoms with van der Waals surface area (Å²) < 4.78 is 24.7. The first-order valence-electron chi connectivity index (χ1n) is 4.67. The third kappa shape index (κ3) is 2.26. The van der Waals surface area contributed by atoms with Gasteiger partial charge in [0.25, 0.3) is 0 Å². The molecule has 1 aromatic carbocycles. The molecule has 0 aliphatic carbocycles. The molecule has 0 bridgehead atoms. The van der Waals surface area contributed by atoms with Crippen molar-refractivity contribution in [1.82, 2.24) is 0 Å². The number of para-hydroxylation sites is 1.